The molecular formula is C21H25N3O4. The van der Waals surface area contributed by atoms with Crippen LogP contribution in [-0.2, 0) is 11.2 Å². The van der Waals surface area contributed by atoms with E-state index in [1.54, 1.807) is 24.8 Å². The Morgan fingerprint density at radius 2 is 1.93 bits per heavy atom. The highest BCUT2D eigenvalue weighted by atomic mass is 16.6. The molecule has 2 aromatic rings. The van der Waals surface area contributed by atoms with Gasteiger partial charge in [0.1, 0.15) is 5.69 Å². The molecule has 0 N–H and O–H groups in total. The lowest BCUT2D eigenvalue weighted by Gasteiger charge is -2.33. The molecule has 0 aliphatic carbocycles. The molecule has 1 aromatic carbocycles. The van der Waals surface area contributed by atoms with Gasteiger partial charge in [0.15, 0.2) is 6.10 Å². The van der Waals surface area contributed by atoms with E-state index in [1.807, 2.05) is 18.2 Å². The predicted octanol–water partition coefficient (Wildman–Crippen LogP) is 3.55. The highest BCUT2D eigenvalue weighted by Crippen LogP contribution is 2.27. The number of carbonyl (C=O) groups is 1. The van der Waals surface area contributed by atoms with Crippen molar-refractivity contribution in [2.75, 3.05) is 13.1 Å². The maximum Gasteiger partial charge on any atom is 0.406 e. The van der Waals surface area contributed by atoms with Gasteiger partial charge >= 0.3 is 5.82 Å². The third-order valence-electron chi connectivity index (χ3n) is 5.10. The van der Waals surface area contributed by atoms with Crippen molar-refractivity contribution in [2.45, 2.75) is 39.2 Å². The van der Waals surface area contributed by atoms with Gasteiger partial charge in [-0.2, -0.15) is 0 Å². The SMILES string of the molecule is Cc1ccc(O[C@@H](C)C(=O)N2CCC(Cc3ccccc3)CC2)c([N+](=O)[O-])n1. The third-order valence-corrected chi connectivity index (χ3v) is 5.10. The number of nitro groups is 1. The van der Waals surface area contributed by atoms with Crippen LogP contribution in [0.2, 0.25) is 0 Å². The van der Waals surface area contributed by atoms with Gasteiger partial charge in [-0.25, -0.2) is 0 Å². The van der Waals surface area contributed by atoms with Crippen LogP contribution in [0.5, 0.6) is 5.75 Å². The Bertz CT molecular complexity index is 833. The number of amides is 1. The highest BCUT2D eigenvalue weighted by Gasteiger charge is 2.29. The molecule has 7 nitrogen and oxygen atoms in total. The van der Waals surface area contributed by atoms with Crippen LogP contribution in [0.1, 0.15) is 31.0 Å². The van der Waals surface area contributed by atoms with E-state index >= 15 is 0 Å². The summed E-state index contributed by atoms with van der Waals surface area (Å²) in [4.78, 5) is 29.0. The van der Waals surface area contributed by atoms with Crippen molar-refractivity contribution in [2.24, 2.45) is 5.92 Å². The number of aromatic nitrogens is 1. The summed E-state index contributed by atoms with van der Waals surface area (Å²) >= 11 is 0. The molecule has 2 heterocycles. The normalized spacial score (nSPS) is 15.9. The fraction of sp³-hybridized carbons (Fsp3) is 0.429. The lowest BCUT2D eigenvalue weighted by atomic mass is 9.90. The first kappa shape index (κ1) is 19.8. The number of piperidine rings is 1. The van der Waals surface area contributed by atoms with E-state index in [2.05, 4.69) is 17.1 Å². The number of aryl methyl sites for hydroxylation is 1. The number of carbonyl (C=O) groups excluding carboxylic acids is 1. The molecule has 28 heavy (non-hydrogen) atoms. The maximum absolute atomic E-state index is 12.7. The summed E-state index contributed by atoms with van der Waals surface area (Å²) in [6.45, 7) is 4.66. The molecule has 1 saturated heterocycles. The lowest BCUT2D eigenvalue weighted by molar-refractivity contribution is -0.390. The van der Waals surface area contributed by atoms with Crippen LogP contribution in [0.25, 0.3) is 0 Å². The van der Waals surface area contributed by atoms with Gasteiger partial charge in [0.2, 0.25) is 5.75 Å². The van der Waals surface area contributed by atoms with Crippen LogP contribution in [-0.4, -0.2) is 39.9 Å². The van der Waals surface area contributed by atoms with Crippen LogP contribution in [0.3, 0.4) is 0 Å². The number of likely N-dealkylation sites (tertiary alicyclic amines) is 1. The van der Waals surface area contributed by atoms with E-state index in [0.29, 0.717) is 24.7 Å². The van der Waals surface area contributed by atoms with E-state index in [9.17, 15) is 14.9 Å². The minimum absolute atomic E-state index is 0.0235. The van der Waals surface area contributed by atoms with Crippen LogP contribution in [0.4, 0.5) is 5.82 Å². The van der Waals surface area contributed by atoms with Gasteiger partial charge in [-0.05, 0) is 59.7 Å². The van der Waals surface area contributed by atoms with Crippen molar-refractivity contribution in [3.8, 4) is 5.75 Å². The Morgan fingerprint density at radius 3 is 2.57 bits per heavy atom. The number of hydrogen-bond acceptors (Lipinski definition) is 5. The molecule has 0 bridgehead atoms. The second kappa shape index (κ2) is 8.82. The quantitative estimate of drug-likeness (QED) is 0.562. The van der Waals surface area contributed by atoms with Gasteiger partial charge in [0.25, 0.3) is 5.91 Å². The van der Waals surface area contributed by atoms with E-state index in [1.165, 1.54) is 11.6 Å². The number of ether oxygens (including phenoxy) is 1. The Morgan fingerprint density at radius 1 is 1.25 bits per heavy atom. The summed E-state index contributed by atoms with van der Waals surface area (Å²) in [5, 5.41) is 11.2. The number of hydrogen-bond donors (Lipinski definition) is 0. The van der Waals surface area contributed by atoms with E-state index < -0.39 is 11.0 Å². The topological polar surface area (TPSA) is 85.6 Å². The molecule has 1 fully saturated rings. The van der Waals surface area contributed by atoms with Crippen molar-refractivity contribution in [1.29, 1.82) is 0 Å². The molecule has 0 radical (unpaired) electrons. The number of pyridine rings is 1. The molecule has 148 valence electrons. The highest BCUT2D eigenvalue weighted by molar-refractivity contribution is 5.81. The predicted molar refractivity (Wildman–Crippen MR) is 105 cm³/mol. The van der Waals surface area contributed by atoms with Gasteiger partial charge in [-0.3, -0.25) is 4.79 Å². The monoisotopic (exact) mass is 383 g/mol. The van der Waals surface area contributed by atoms with Gasteiger partial charge in [-0.1, -0.05) is 30.3 Å². The molecule has 1 amide bonds. The summed E-state index contributed by atoms with van der Waals surface area (Å²) in [6.07, 6.45) is 2.11. The van der Waals surface area contributed by atoms with Crippen molar-refractivity contribution in [3.63, 3.8) is 0 Å². The van der Waals surface area contributed by atoms with Gasteiger partial charge < -0.3 is 19.8 Å². The summed E-state index contributed by atoms with van der Waals surface area (Å²) in [5.74, 6) is 0.0785. The summed E-state index contributed by atoms with van der Waals surface area (Å²) < 4.78 is 5.60. The van der Waals surface area contributed by atoms with Crippen molar-refractivity contribution in [3.05, 3.63) is 63.8 Å². The molecule has 0 saturated carbocycles. The smallest absolute Gasteiger partial charge is 0.406 e. The maximum atomic E-state index is 12.7. The zero-order valence-electron chi connectivity index (χ0n) is 16.2. The van der Waals surface area contributed by atoms with E-state index in [0.717, 1.165) is 19.3 Å². The molecule has 1 aliphatic rings. The minimum Gasteiger partial charge on any atom is -0.473 e. The van der Waals surface area contributed by atoms with Crippen LogP contribution < -0.4 is 4.74 Å². The first-order valence-electron chi connectivity index (χ1n) is 9.55. The first-order valence-corrected chi connectivity index (χ1v) is 9.55. The second-order valence-corrected chi connectivity index (χ2v) is 7.25. The van der Waals surface area contributed by atoms with E-state index in [-0.39, 0.29) is 17.5 Å². The number of nitrogens with zero attached hydrogens (tertiary/aromatic N) is 3. The molecule has 1 aliphatic heterocycles. The van der Waals surface area contributed by atoms with Crippen molar-refractivity contribution >= 4 is 11.7 Å². The second-order valence-electron chi connectivity index (χ2n) is 7.25. The largest absolute Gasteiger partial charge is 0.473 e. The molecule has 7 heteroatoms. The Kier molecular flexibility index (Phi) is 6.23. The molecule has 1 atom stereocenters. The van der Waals surface area contributed by atoms with Crippen molar-refractivity contribution in [1.82, 2.24) is 9.88 Å². The van der Waals surface area contributed by atoms with Gasteiger partial charge in [0.05, 0.1) is 0 Å². The Labute approximate surface area is 164 Å². The van der Waals surface area contributed by atoms with Crippen LogP contribution >= 0.6 is 0 Å². The molecule has 1 aromatic heterocycles. The fourth-order valence-electron chi connectivity index (χ4n) is 3.56. The summed E-state index contributed by atoms with van der Waals surface area (Å²) in [7, 11) is 0. The molecule has 0 unspecified atom stereocenters. The molecule has 0 spiro atoms. The average Bonchev–Trinajstić information content (AvgIpc) is 2.70. The zero-order valence-corrected chi connectivity index (χ0v) is 16.2. The Balaban J connectivity index is 1.56. The lowest BCUT2D eigenvalue weighted by Crippen LogP contribution is -2.45. The van der Waals surface area contributed by atoms with Gasteiger partial charge in [0, 0.05) is 20.0 Å². The van der Waals surface area contributed by atoms with Crippen LogP contribution in [0, 0.1) is 23.0 Å². The number of rotatable bonds is 6. The average molecular weight is 383 g/mol. The van der Waals surface area contributed by atoms with Gasteiger partial charge in [-0.15, -0.1) is 0 Å². The standard InChI is InChI=1S/C21H25N3O4/c1-15-8-9-19(20(22-15)24(26)27)28-16(2)21(25)23-12-10-18(11-13-23)14-17-6-4-3-5-7-17/h3-9,16,18H,10-14H2,1-2H3/t16-/m0/s1. The number of benzene rings is 1. The third kappa shape index (κ3) is 4.85. The van der Waals surface area contributed by atoms with E-state index in [4.69, 9.17) is 4.74 Å². The first-order chi connectivity index (χ1) is 13.4. The minimum atomic E-state index is -0.797. The molecule has 3 rings (SSSR count). The molecular weight excluding hydrogens is 358 g/mol. The van der Waals surface area contributed by atoms with Crippen molar-refractivity contribution < 1.29 is 14.5 Å². The Hall–Kier alpha value is -2.96. The van der Waals surface area contributed by atoms with Crippen LogP contribution in [0.15, 0.2) is 42.5 Å². The summed E-state index contributed by atoms with van der Waals surface area (Å²) in [6, 6.07) is 13.5. The fourth-order valence-corrected chi connectivity index (χ4v) is 3.56. The zero-order chi connectivity index (χ0) is 20.1. The summed E-state index contributed by atoms with van der Waals surface area (Å²) in [5.41, 5.74) is 1.85.